The molecule has 10 heteroatoms. The lowest BCUT2D eigenvalue weighted by Gasteiger charge is -2.28. The third kappa shape index (κ3) is 5.42. The average molecular weight is 420 g/mol. The van der Waals surface area contributed by atoms with Gasteiger partial charge in [0.1, 0.15) is 5.82 Å². The summed E-state index contributed by atoms with van der Waals surface area (Å²) in [6.45, 7) is 1.96. The first-order valence-corrected chi connectivity index (χ1v) is 11.1. The van der Waals surface area contributed by atoms with Crippen molar-refractivity contribution in [2.45, 2.75) is 19.8 Å². The van der Waals surface area contributed by atoms with Crippen molar-refractivity contribution in [2.24, 2.45) is 5.92 Å². The summed E-state index contributed by atoms with van der Waals surface area (Å²) in [5, 5.41) is 7.08. The van der Waals surface area contributed by atoms with Gasteiger partial charge in [-0.25, -0.2) is 17.4 Å². The normalized spacial score (nSPS) is 15.8. The molecule has 0 aliphatic carbocycles. The van der Waals surface area contributed by atoms with Crippen LogP contribution < -0.4 is 5.32 Å². The maximum absolute atomic E-state index is 12.3. The van der Waals surface area contributed by atoms with Gasteiger partial charge in [0, 0.05) is 19.2 Å². The molecule has 0 bridgehead atoms. The molecule has 1 aliphatic heterocycles. The van der Waals surface area contributed by atoms with Crippen LogP contribution in [0.5, 0.6) is 0 Å². The van der Waals surface area contributed by atoms with Gasteiger partial charge >= 0.3 is 5.97 Å². The molecule has 2 heterocycles. The number of piperidine rings is 1. The molecule has 1 fully saturated rings. The van der Waals surface area contributed by atoms with Gasteiger partial charge in [-0.15, -0.1) is 0 Å². The summed E-state index contributed by atoms with van der Waals surface area (Å²) in [6.07, 6.45) is 1.92. The first-order chi connectivity index (χ1) is 13.7. The SMILES string of the molecule is Cc1cc(NC(=O)COC(=O)C2CCN(S(C)(=O)=O)CC2)n(-c2ccccc2)n1. The standard InChI is InChI=1S/C19H24N4O5S/c1-14-12-17(23(21-14)16-6-4-3-5-7-16)20-18(24)13-28-19(25)15-8-10-22(11-9-15)29(2,26)27/h3-7,12,15H,8-11,13H2,1-2H3,(H,20,24). The second-order valence-electron chi connectivity index (χ2n) is 7.01. The van der Waals surface area contributed by atoms with Gasteiger partial charge in [-0.05, 0) is 31.9 Å². The Morgan fingerprint density at radius 3 is 2.48 bits per heavy atom. The highest BCUT2D eigenvalue weighted by atomic mass is 32.2. The molecule has 0 unspecified atom stereocenters. The van der Waals surface area contributed by atoms with E-state index in [1.807, 2.05) is 37.3 Å². The molecule has 9 nitrogen and oxygen atoms in total. The fourth-order valence-electron chi connectivity index (χ4n) is 3.21. The Labute approximate surface area is 169 Å². The number of sulfonamides is 1. The predicted octanol–water partition coefficient (Wildman–Crippen LogP) is 1.33. The van der Waals surface area contributed by atoms with Crippen LogP contribution in [-0.4, -0.2) is 60.3 Å². The molecule has 1 aliphatic rings. The molecule has 0 atom stereocenters. The number of nitrogens with one attached hydrogen (secondary N) is 1. The van der Waals surface area contributed by atoms with E-state index in [0.29, 0.717) is 18.7 Å². The van der Waals surface area contributed by atoms with Crippen molar-refractivity contribution < 1.29 is 22.7 Å². The average Bonchev–Trinajstić information content (AvgIpc) is 3.06. The molecule has 0 saturated carbocycles. The van der Waals surface area contributed by atoms with Crippen molar-refractivity contribution >= 4 is 27.7 Å². The molecule has 3 rings (SSSR count). The minimum absolute atomic E-state index is 0.278. The highest BCUT2D eigenvalue weighted by molar-refractivity contribution is 7.88. The van der Waals surface area contributed by atoms with Gasteiger partial charge in [-0.2, -0.15) is 5.10 Å². The van der Waals surface area contributed by atoms with Crippen LogP contribution >= 0.6 is 0 Å². The van der Waals surface area contributed by atoms with E-state index in [9.17, 15) is 18.0 Å². The number of benzene rings is 1. The van der Waals surface area contributed by atoms with Crippen molar-refractivity contribution in [3.8, 4) is 5.69 Å². The Hall–Kier alpha value is -2.72. The molecule has 0 radical (unpaired) electrons. The molecule has 0 spiro atoms. The third-order valence-corrected chi connectivity index (χ3v) is 6.00. The van der Waals surface area contributed by atoms with Gasteiger partial charge < -0.3 is 10.1 Å². The minimum atomic E-state index is -3.25. The van der Waals surface area contributed by atoms with Gasteiger partial charge in [-0.3, -0.25) is 9.59 Å². The highest BCUT2D eigenvalue weighted by Gasteiger charge is 2.30. The molecule has 29 heavy (non-hydrogen) atoms. The lowest BCUT2D eigenvalue weighted by atomic mass is 9.98. The second-order valence-corrected chi connectivity index (χ2v) is 8.99. The number of aryl methyl sites for hydroxylation is 1. The zero-order chi connectivity index (χ0) is 21.0. The van der Waals surface area contributed by atoms with Crippen LogP contribution in [0.15, 0.2) is 36.4 Å². The zero-order valence-electron chi connectivity index (χ0n) is 16.4. The number of aromatic nitrogens is 2. The molecule has 2 aromatic rings. The van der Waals surface area contributed by atoms with Crippen LogP contribution in [-0.2, 0) is 24.3 Å². The summed E-state index contributed by atoms with van der Waals surface area (Å²) in [5.41, 5.74) is 1.53. The molecule has 1 amide bonds. The molecular formula is C19H24N4O5S. The van der Waals surface area contributed by atoms with Gasteiger partial charge in [-0.1, -0.05) is 18.2 Å². The molecule has 156 valence electrons. The van der Waals surface area contributed by atoms with Crippen LogP contribution in [0, 0.1) is 12.8 Å². The summed E-state index contributed by atoms with van der Waals surface area (Å²) in [4.78, 5) is 24.5. The number of amides is 1. The van der Waals surface area contributed by atoms with Gasteiger partial charge in [0.25, 0.3) is 5.91 Å². The fraction of sp³-hybridized carbons (Fsp3) is 0.421. The van der Waals surface area contributed by atoms with Crippen molar-refractivity contribution in [1.82, 2.24) is 14.1 Å². The number of carbonyl (C=O) groups is 2. The quantitative estimate of drug-likeness (QED) is 0.706. The maximum atomic E-state index is 12.3. The number of hydrogen-bond acceptors (Lipinski definition) is 6. The van der Waals surface area contributed by atoms with E-state index in [0.717, 1.165) is 17.6 Å². The van der Waals surface area contributed by atoms with Crippen molar-refractivity contribution in [3.63, 3.8) is 0 Å². The fourth-order valence-corrected chi connectivity index (χ4v) is 4.09. The van der Waals surface area contributed by atoms with E-state index >= 15 is 0 Å². The Bertz CT molecular complexity index is 979. The van der Waals surface area contributed by atoms with E-state index in [4.69, 9.17) is 4.74 Å². The Morgan fingerprint density at radius 2 is 1.86 bits per heavy atom. The highest BCUT2D eigenvalue weighted by Crippen LogP contribution is 2.21. The number of carbonyl (C=O) groups excluding carboxylic acids is 2. The van der Waals surface area contributed by atoms with E-state index < -0.39 is 34.4 Å². The van der Waals surface area contributed by atoms with E-state index in [1.165, 1.54) is 4.31 Å². The van der Waals surface area contributed by atoms with E-state index in [-0.39, 0.29) is 13.1 Å². The smallest absolute Gasteiger partial charge is 0.309 e. The maximum Gasteiger partial charge on any atom is 0.309 e. The summed E-state index contributed by atoms with van der Waals surface area (Å²) < 4.78 is 31.2. The first kappa shape index (κ1) is 21.0. The van der Waals surface area contributed by atoms with Gasteiger partial charge in [0.15, 0.2) is 6.61 Å². The first-order valence-electron chi connectivity index (χ1n) is 9.28. The van der Waals surface area contributed by atoms with Gasteiger partial charge in [0.05, 0.1) is 23.6 Å². The van der Waals surface area contributed by atoms with E-state index in [2.05, 4.69) is 10.4 Å². The predicted molar refractivity (Wildman–Crippen MR) is 107 cm³/mol. The van der Waals surface area contributed by atoms with Crippen LogP contribution in [0.1, 0.15) is 18.5 Å². The number of ether oxygens (including phenoxy) is 1. The molecular weight excluding hydrogens is 396 g/mol. The van der Waals surface area contributed by atoms with Crippen molar-refractivity contribution in [2.75, 3.05) is 31.3 Å². The summed E-state index contributed by atoms with van der Waals surface area (Å²) in [5.74, 6) is -0.876. The Kier molecular flexibility index (Phi) is 6.33. The topological polar surface area (TPSA) is 111 Å². The number of anilines is 1. The number of rotatable bonds is 6. The number of para-hydroxylation sites is 1. The molecule has 1 aromatic heterocycles. The number of hydrogen-bond donors (Lipinski definition) is 1. The summed E-state index contributed by atoms with van der Waals surface area (Å²) >= 11 is 0. The van der Waals surface area contributed by atoms with Crippen LogP contribution in [0.2, 0.25) is 0 Å². The lowest BCUT2D eigenvalue weighted by Crippen LogP contribution is -2.40. The Morgan fingerprint density at radius 1 is 1.21 bits per heavy atom. The summed E-state index contributed by atoms with van der Waals surface area (Å²) in [6, 6.07) is 11.1. The van der Waals surface area contributed by atoms with Crippen molar-refractivity contribution in [1.29, 1.82) is 0 Å². The van der Waals surface area contributed by atoms with Gasteiger partial charge in [0.2, 0.25) is 10.0 Å². The molecule has 1 aromatic carbocycles. The summed E-state index contributed by atoms with van der Waals surface area (Å²) in [7, 11) is -3.25. The zero-order valence-corrected chi connectivity index (χ0v) is 17.2. The van der Waals surface area contributed by atoms with Crippen molar-refractivity contribution in [3.05, 3.63) is 42.1 Å². The second kappa shape index (κ2) is 8.75. The van der Waals surface area contributed by atoms with Crippen LogP contribution in [0.3, 0.4) is 0 Å². The van der Waals surface area contributed by atoms with Crippen LogP contribution in [0.4, 0.5) is 5.82 Å². The monoisotopic (exact) mass is 420 g/mol. The minimum Gasteiger partial charge on any atom is -0.455 e. The molecule has 1 N–H and O–H groups in total. The van der Waals surface area contributed by atoms with Crippen LogP contribution in [0.25, 0.3) is 5.69 Å². The van der Waals surface area contributed by atoms with E-state index in [1.54, 1.807) is 10.7 Å². The number of nitrogens with zero attached hydrogens (tertiary/aromatic N) is 3. The third-order valence-electron chi connectivity index (χ3n) is 4.70. The lowest BCUT2D eigenvalue weighted by molar-refractivity contribution is -0.152. The molecule has 1 saturated heterocycles. The largest absolute Gasteiger partial charge is 0.455 e. The Balaban J connectivity index is 1.53. The number of esters is 1.